The molecule has 0 bridgehead atoms. The van der Waals surface area contributed by atoms with Crippen molar-refractivity contribution in [2.24, 2.45) is 0 Å². The fourth-order valence-corrected chi connectivity index (χ4v) is 5.20. The van der Waals surface area contributed by atoms with Crippen LogP contribution in [0.2, 0.25) is 0 Å². The number of rotatable bonds is 6. The second kappa shape index (κ2) is 10.3. The maximum Gasteiger partial charge on any atom is 0.0711 e. The largest absolute Gasteiger partial charge is 0.310 e. The second-order valence-electron chi connectivity index (χ2n) is 9.61. The van der Waals surface area contributed by atoms with Crippen LogP contribution in [0.5, 0.6) is 0 Å². The second-order valence-corrected chi connectivity index (χ2v) is 9.61. The molecule has 0 spiro atoms. The predicted molar refractivity (Wildman–Crippen MR) is 166 cm³/mol. The number of pyridine rings is 1. The van der Waals surface area contributed by atoms with E-state index in [0.29, 0.717) is 0 Å². The van der Waals surface area contributed by atoms with E-state index < -0.39 is 0 Å². The summed E-state index contributed by atoms with van der Waals surface area (Å²) in [6.45, 7) is 0. The molecule has 7 aromatic rings. The van der Waals surface area contributed by atoms with Gasteiger partial charge in [-0.1, -0.05) is 66.7 Å². The summed E-state index contributed by atoms with van der Waals surface area (Å²) in [6, 6.07) is 58.5. The molecule has 188 valence electrons. The fraction of sp³-hybridized carbons (Fsp3) is 0. The number of para-hydroxylation sites is 3. The van der Waals surface area contributed by atoms with Crippen molar-refractivity contribution in [2.75, 3.05) is 9.80 Å². The number of aromatic nitrogens is 1. The Labute approximate surface area is 234 Å². The zero-order valence-corrected chi connectivity index (χ0v) is 21.8. The minimum Gasteiger partial charge on any atom is -0.310 e. The molecule has 0 aliphatic carbocycles. The monoisotopic (exact) mass is 511 g/mol. The van der Waals surface area contributed by atoms with Crippen LogP contribution in [0.3, 0.4) is 0 Å². The SMILES string of the molecule is c1ccc(N(c2ccccc2)c2ccc3nc4ccc(N(c5ccccc5)c5ccccc5)cc4cc3c2)cc#1. The van der Waals surface area contributed by atoms with Gasteiger partial charge in [0.2, 0.25) is 0 Å². The van der Waals surface area contributed by atoms with Crippen molar-refractivity contribution in [1.29, 1.82) is 0 Å². The molecule has 6 aromatic carbocycles. The fourth-order valence-electron chi connectivity index (χ4n) is 5.20. The van der Waals surface area contributed by atoms with E-state index >= 15 is 0 Å². The number of fused-ring (bicyclic) bond motifs is 2. The van der Waals surface area contributed by atoms with E-state index in [2.05, 4.69) is 143 Å². The van der Waals surface area contributed by atoms with E-state index in [1.54, 1.807) is 0 Å². The van der Waals surface area contributed by atoms with Crippen LogP contribution in [0.4, 0.5) is 34.1 Å². The Kier molecular flexibility index (Phi) is 6.05. The van der Waals surface area contributed by atoms with E-state index in [4.69, 9.17) is 4.98 Å². The maximum atomic E-state index is 5.02. The first-order chi connectivity index (χ1) is 19.8. The van der Waals surface area contributed by atoms with Crippen molar-refractivity contribution in [3.63, 3.8) is 0 Å². The van der Waals surface area contributed by atoms with Crippen molar-refractivity contribution < 1.29 is 0 Å². The van der Waals surface area contributed by atoms with Crippen LogP contribution in [0, 0.1) is 12.1 Å². The van der Waals surface area contributed by atoms with Crippen LogP contribution in [-0.4, -0.2) is 4.98 Å². The summed E-state index contributed by atoms with van der Waals surface area (Å²) in [5.41, 5.74) is 8.42. The molecule has 1 heterocycles. The molecule has 0 atom stereocenters. The molecule has 0 aliphatic heterocycles. The Bertz CT molecular complexity index is 1670. The zero-order valence-electron chi connectivity index (χ0n) is 21.8. The van der Waals surface area contributed by atoms with Gasteiger partial charge in [0.05, 0.1) is 16.7 Å². The Balaban J connectivity index is 1.36. The highest BCUT2D eigenvalue weighted by Gasteiger charge is 2.15. The third-order valence-electron chi connectivity index (χ3n) is 7.03. The normalized spacial score (nSPS) is 10.8. The molecule has 3 heteroatoms. The summed E-state index contributed by atoms with van der Waals surface area (Å²) in [7, 11) is 0. The van der Waals surface area contributed by atoms with Crippen LogP contribution in [0.15, 0.2) is 152 Å². The van der Waals surface area contributed by atoms with Crippen molar-refractivity contribution >= 4 is 55.9 Å². The Morgan fingerprint density at radius 1 is 0.400 bits per heavy atom. The highest BCUT2D eigenvalue weighted by Crippen LogP contribution is 2.38. The summed E-state index contributed by atoms with van der Waals surface area (Å²) in [5, 5.41) is 2.17. The molecule has 0 N–H and O–H groups in total. The number of nitrogens with zero attached hydrogens (tertiary/aromatic N) is 3. The predicted octanol–water partition coefficient (Wildman–Crippen LogP) is 9.93. The van der Waals surface area contributed by atoms with E-state index in [1.165, 1.54) is 0 Å². The van der Waals surface area contributed by atoms with Gasteiger partial charge in [-0.2, -0.15) is 0 Å². The zero-order chi connectivity index (χ0) is 26.7. The Morgan fingerprint density at radius 3 is 1.32 bits per heavy atom. The van der Waals surface area contributed by atoms with Gasteiger partial charge in [-0.3, -0.25) is 0 Å². The van der Waals surface area contributed by atoms with Crippen molar-refractivity contribution in [2.45, 2.75) is 0 Å². The first-order valence-electron chi connectivity index (χ1n) is 13.3. The third-order valence-corrected chi connectivity index (χ3v) is 7.03. The molecule has 0 unspecified atom stereocenters. The van der Waals surface area contributed by atoms with Crippen molar-refractivity contribution in [3.8, 4) is 0 Å². The van der Waals surface area contributed by atoms with Crippen LogP contribution in [0.1, 0.15) is 0 Å². The highest BCUT2D eigenvalue weighted by molar-refractivity contribution is 5.97. The lowest BCUT2D eigenvalue weighted by atomic mass is 10.1. The van der Waals surface area contributed by atoms with E-state index in [9.17, 15) is 0 Å². The van der Waals surface area contributed by atoms with Gasteiger partial charge < -0.3 is 9.80 Å². The van der Waals surface area contributed by atoms with E-state index in [1.807, 2.05) is 30.3 Å². The molecule has 0 fully saturated rings. The quantitative estimate of drug-likeness (QED) is 0.207. The molecule has 0 saturated heterocycles. The Hall–Kier alpha value is -5.59. The average molecular weight is 512 g/mol. The molecule has 3 nitrogen and oxygen atoms in total. The van der Waals surface area contributed by atoms with Gasteiger partial charge in [-0.05, 0) is 91.0 Å². The van der Waals surface area contributed by atoms with Gasteiger partial charge in [-0.25, -0.2) is 4.98 Å². The van der Waals surface area contributed by atoms with Gasteiger partial charge >= 0.3 is 0 Å². The van der Waals surface area contributed by atoms with Gasteiger partial charge in [0.25, 0.3) is 0 Å². The number of anilines is 6. The third kappa shape index (κ3) is 4.49. The van der Waals surface area contributed by atoms with Crippen LogP contribution < -0.4 is 9.80 Å². The average Bonchev–Trinajstić information content (AvgIpc) is 3.02. The molecule has 0 aliphatic rings. The lowest BCUT2D eigenvalue weighted by molar-refractivity contribution is 1.28. The van der Waals surface area contributed by atoms with E-state index in [-0.39, 0.29) is 0 Å². The summed E-state index contributed by atoms with van der Waals surface area (Å²) >= 11 is 0. The van der Waals surface area contributed by atoms with E-state index in [0.717, 1.165) is 55.9 Å². The molecule has 0 saturated carbocycles. The first-order valence-corrected chi connectivity index (χ1v) is 13.3. The Morgan fingerprint density at radius 2 is 0.875 bits per heavy atom. The molecule has 1 aromatic heterocycles. The topological polar surface area (TPSA) is 19.4 Å². The van der Waals surface area contributed by atoms with Crippen molar-refractivity contribution in [1.82, 2.24) is 4.98 Å². The standard InChI is InChI=1S/C37H25N3/c1-5-13-30(14-6-1)39(31-15-7-2-8-16-31)34-21-23-36-28(26-34)25-29-27-35(22-24-37(29)38-36)40(32-17-9-3-10-18-32)33-19-11-4-12-20-33/h1-3,5-11,13-27H. The van der Waals surface area contributed by atoms with Crippen LogP contribution in [-0.2, 0) is 0 Å². The summed E-state index contributed by atoms with van der Waals surface area (Å²) in [4.78, 5) is 9.53. The molecular weight excluding hydrogens is 486 g/mol. The number of hydrogen-bond acceptors (Lipinski definition) is 3. The number of hydrogen-bond donors (Lipinski definition) is 0. The van der Waals surface area contributed by atoms with Gasteiger partial charge in [0, 0.05) is 45.3 Å². The molecule has 0 amide bonds. The lowest BCUT2D eigenvalue weighted by Gasteiger charge is -2.26. The minimum atomic E-state index is 0.966. The maximum absolute atomic E-state index is 5.02. The molecule has 7 rings (SSSR count). The van der Waals surface area contributed by atoms with Gasteiger partial charge in [-0.15, -0.1) is 0 Å². The molecule has 0 radical (unpaired) electrons. The molecular formula is C37H25N3. The lowest BCUT2D eigenvalue weighted by Crippen LogP contribution is -2.10. The smallest absolute Gasteiger partial charge is 0.0711 e. The summed E-state index contributed by atoms with van der Waals surface area (Å²) in [6.07, 6.45) is 0. The highest BCUT2D eigenvalue weighted by atomic mass is 15.1. The summed E-state index contributed by atoms with van der Waals surface area (Å²) < 4.78 is 0. The van der Waals surface area contributed by atoms with Crippen molar-refractivity contribution in [3.05, 3.63) is 164 Å². The number of benzene rings is 5. The van der Waals surface area contributed by atoms with Crippen LogP contribution >= 0.6 is 0 Å². The minimum absolute atomic E-state index is 0.966. The van der Waals surface area contributed by atoms with Gasteiger partial charge in [0.15, 0.2) is 0 Å². The molecule has 40 heavy (non-hydrogen) atoms. The van der Waals surface area contributed by atoms with Gasteiger partial charge in [0.1, 0.15) is 0 Å². The summed E-state index contributed by atoms with van der Waals surface area (Å²) in [5.74, 6) is 0. The first kappa shape index (κ1) is 23.5. The van der Waals surface area contributed by atoms with Crippen LogP contribution in [0.25, 0.3) is 21.8 Å².